The molecular weight excluding hydrogens is 270 g/mol. The van der Waals surface area contributed by atoms with Crippen LogP contribution in [-0.2, 0) is 0 Å². The van der Waals surface area contributed by atoms with Gasteiger partial charge in [0.25, 0.3) is 11.5 Å². The van der Waals surface area contributed by atoms with Crippen LogP contribution >= 0.6 is 0 Å². The Morgan fingerprint density at radius 1 is 1.43 bits per heavy atom. The fourth-order valence-corrected chi connectivity index (χ4v) is 2.34. The SMILES string of the molecule is NCC(NC(=O)c1ccc(-c2ccco2)[nH]c1=O)C1CC1. The summed E-state index contributed by atoms with van der Waals surface area (Å²) in [6.07, 6.45) is 3.68. The van der Waals surface area contributed by atoms with Crippen molar-refractivity contribution in [3.8, 4) is 11.5 Å². The number of pyridine rings is 1. The number of nitrogens with two attached hydrogens (primary N) is 1. The van der Waals surface area contributed by atoms with E-state index < -0.39 is 5.56 Å². The molecule has 2 aromatic heterocycles. The van der Waals surface area contributed by atoms with E-state index in [0.29, 0.717) is 23.9 Å². The molecule has 6 heteroatoms. The maximum Gasteiger partial charge on any atom is 0.261 e. The number of rotatable bonds is 5. The fraction of sp³-hybridized carbons (Fsp3) is 0.333. The largest absolute Gasteiger partial charge is 0.463 e. The second-order valence-electron chi connectivity index (χ2n) is 5.25. The molecule has 3 rings (SSSR count). The summed E-state index contributed by atoms with van der Waals surface area (Å²) >= 11 is 0. The molecule has 1 amide bonds. The highest BCUT2D eigenvalue weighted by molar-refractivity contribution is 5.94. The lowest BCUT2D eigenvalue weighted by Gasteiger charge is -2.15. The minimum absolute atomic E-state index is 0.0540. The zero-order valence-electron chi connectivity index (χ0n) is 11.5. The van der Waals surface area contributed by atoms with Crippen LogP contribution in [0.1, 0.15) is 23.2 Å². The minimum Gasteiger partial charge on any atom is -0.463 e. The molecule has 4 N–H and O–H groups in total. The number of hydrogen-bond acceptors (Lipinski definition) is 4. The molecule has 0 saturated heterocycles. The van der Waals surface area contributed by atoms with Gasteiger partial charge in [-0.2, -0.15) is 0 Å². The summed E-state index contributed by atoms with van der Waals surface area (Å²) in [5.41, 5.74) is 5.84. The van der Waals surface area contributed by atoms with E-state index in [0.717, 1.165) is 12.8 Å². The van der Waals surface area contributed by atoms with Crippen LogP contribution in [0, 0.1) is 5.92 Å². The van der Waals surface area contributed by atoms with Crippen molar-refractivity contribution in [1.82, 2.24) is 10.3 Å². The normalized spacial score (nSPS) is 15.7. The van der Waals surface area contributed by atoms with Gasteiger partial charge in [-0.05, 0) is 43.0 Å². The summed E-state index contributed by atoms with van der Waals surface area (Å²) in [6, 6.07) is 6.58. The molecule has 1 unspecified atom stereocenters. The van der Waals surface area contributed by atoms with E-state index >= 15 is 0 Å². The average Bonchev–Trinajstić information content (AvgIpc) is 3.18. The fourth-order valence-electron chi connectivity index (χ4n) is 2.34. The van der Waals surface area contributed by atoms with Crippen LogP contribution in [-0.4, -0.2) is 23.5 Å². The van der Waals surface area contributed by atoms with Gasteiger partial charge in [-0.1, -0.05) is 0 Å². The van der Waals surface area contributed by atoms with Gasteiger partial charge in [0, 0.05) is 12.6 Å². The van der Waals surface area contributed by atoms with Gasteiger partial charge in [-0.25, -0.2) is 0 Å². The van der Waals surface area contributed by atoms with Crippen molar-refractivity contribution in [3.05, 3.63) is 46.4 Å². The molecule has 110 valence electrons. The molecule has 0 aromatic carbocycles. The Hall–Kier alpha value is -2.34. The minimum atomic E-state index is -0.437. The first-order valence-electron chi connectivity index (χ1n) is 6.97. The van der Waals surface area contributed by atoms with Gasteiger partial charge in [0.05, 0.1) is 12.0 Å². The summed E-state index contributed by atoms with van der Waals surface area (Å²) in [6.45, 7) is 0.388. The van der Waals surface area contributed by atoms with E-state index in [1.807, 2.05) is 0 Å². The first-order valence-corrected chi connectivity index (χ1v) is 6.97. The number of carbonyl (C=O) groups is 1. The molecule has 6 nitrogen and oxygen atoms in total. The molecule has 0 radical (unpaired) electrons. The van der Waals surface area contributed by atoms with Crippen LogP contribution in [0.3, 0.4) is 0 Å². The average molecular weight is 287 g/mol. The Kier molecular flexibility index (Phi) is 3.62. The number of aromatic amines is 1. The van der Waals surface area contributed by atoms with Gasteiger partial charge >= 0.3 is 0 Å². The predicted octanol–water partition coefficient (Wildman–Crippen LogP) is 1.10. The predicted molar refractivity (Wildman–Crippen MR) is 77.8 cm³/mol. The van der Waals surface area contributed by atoms with Crippen LogP contribution < -0.4 is 16.6 Å². The third kappa shape index (κ3) is 2.90. The van der Waals surface area contributed by atoms with Crippen molar-refractivity contribution in [3.63, 3.8) is 0 Å². The molecule has 2 aromatic rings. The number of furan rings is 1. The molecular formula is C15H17N3O3. The highest BCUT2D eigenvalue weighted by Crippen LogP contribution is 2.32. The maximum absolute atomic E-state index is 12.2. The van der Waals surface area contributed by atoms with Gasteiger partial charge in [-0.15, -0.1) is 0 Å². The lowest BCUT2D eigenvalue weighted by molar-refractivity contribution is 0.0932. The number of nitrogens with one attached hydrogen (secondary N) is 2. The Bertz CT molecular complexity index is 686. The molecule has 0 spiro atoms. The monoisotopic (exact) mass is 287 g/mol. The van der Waals surface area contributed by atoms with E-state index in [-0.39, 0.29) is 17.5 Å². The lowest BCUT2D eigenvalue weighted by Crippen LogP contribution is -2.43. The first kappa shape index (κ1) is 13.6. The highest BCUT2D eigenvalue weighted by Gasteiger charge is 2.31. The number of hydrogen-bond donors (Lipinski definition) is 3. The van der Waals surface area contributed by atoms with Crippen molar-refractivity contribution < 1.29 is 9.21 Å². The van der Waals surface area contributed by atoms with Gasteiger partial charge in [0.15, 0.2) is 0 Å². The van der Waals surface area contributed by atoms with Crippen LogP contribution in [0.15, 0.2) is 39.7 Å². The Labute approximate surface area is 121 Å². The van der Waals surface area contributed by atoms with Gasteiger partial charge in [-0.3, -0.25) is 9.59 Å². The summed E-state index contributed by atoms with van der Waals surface area (Å²) in [7, 11) is 0. The van der Waals surface area contributed by atoms with Crippen molar-refractivity contribution >= 4 is 5.91 Å². The standard InChI is InChI=1S/C15H17N3O3/c16-8-12(9-3-4-9)18-15(20)10-5-6-11(17-14(10)19)13-2-1-7-21-13/h1-2,5-7,9,12H,3-4,8,16H2,(H,17,19)(H,18,20). The molecule has 1 atom stereocenters. The van der Waals surface area contributed by atoms with Gasteiger partial charge in [0.1, 0.15) is 11.3 Å². The zero-order chi connectivity index (χ0) is 14.8. The van der Waals surface area contributed by atoms with Crippen molar-refractivity contribution in [2.24, 2.45) is 11.7 Å². The summed E-state index contributed by atoms with van der Waals surface area (Å²) in [5.74, 6) is 0.613. The topological polar surface area (TPSA) is 101 Å². The van der Waals surface area contributed by atoms with Gasteiger partial charge in [0.2, 0.25) is 0 Å². The number of carbonyl (C=O) groups excluding carboxylic acids is 1. The van der Waals surface area contributed by atoms with E-state index in [1.54, 1.807) is 18.2 Å². The molecule has 2 heterocycles. The zero-order valence-corrected chi connectivity index (χ0v) is 11.5. The molecule has 1 fully saturated rings. The molecule has 1 aliphatic carbocycles. The molecule has 0 bridgehead atoms. The van der Waals surface area contributed by atoms with E-state index in [1.165, 1.54) is 12.3 Å². The van der Waals surface area contributed by atoms with Crippen LogP contribution in [0.25, 0.3) is 11.5 Å². The number of amides is 1. The molecule has 21 heavy (non-hydrogen) atoms. The van der Waals surface area contributed by atoms with Crippen molar-refractivity contribution in [1.29, 1.82) is 0 Å². The summed E-state index contributed by atoms with van der Waals surface area (Å²) in [5, 5.41) is 2.83. The van der Waals surface area contributed by atoms with E-state index in [4.69, 9.17) is 10.2 Å². The summed E-state index contributed by atoms with van der Waals surface area (Å²) < 4.78 is 5.21. The summed E-state index contributed by atoms with van der Waals surface area (Å²) in [4.78, 5) is 26.9. The molecule has 1 saturated carbocycles. The first-order chi connectivity index (χ1) is 10.2. The third-order valence-corrected chi connectivity index (χ3v) is 3.70. The van der Waals surface area contributed by atoms with Crippen molar-refractivity contribution in [2.45, 2.75) is 18.9 Å². The quantitative estimate of drug-likeness (QED) is 0.766. The molecule has 0 aliphatic heterocycles. The number of aromatic nitrogens is 1. The maximum atomic E-state index is 12.2. The van der Waals surface area contributed by atoms with Crippen molar-refractivity contribution in [2.75, 3.05) is 6.54 Å². The highest BCUT2D eigenvalue weighted by atomic mass is 16.3. The second-order valence-corrected chi connectivity index (χ2v) is 5.25. The Balaban J connectivity index is 1.79. The third-order valence-electron chi connectivity index (χ3n) is 3.70. The van der Waals surface area contributed by atoms with Crippen LogP contribution in [0.4, 0.5) is 0 Å². The number of H-pyrrole nitrogens is 1. The Morgan fingerprint density at radius 3 is 2.81 bits per heavy atom. The smallest absolute Gasteiger partial charge is 0.261 e. The van der Waals surface area contributed by atoms with E-state index in [2.05, 4.69) is 10.3 Å². The van der Waals surface area contributed by atoms with Crippen LogP contribution in [0.5, 0.6) is 0 Å². The molecule has 1 aliphatic rings. The Morgan fingerprint density at radius 2 is 2.24 bits per heavy atom. The lowest BCUT2D eigenvalue weighted by atomic mass is 10.1. The second kappa shape index (κ2) is 5.57. The van der Waals surface area contributed by atoms with E-state index in [9.17, 15) is 9.59 Å². The van der Waals surface area contributed by atoms with Crippen LogP contribution in [0.2, 0.25) is 0 Å². The van der Waals surface area contributed by atoms with Gasteiger partial charge < -0.3 is 20.5 Å².